The van der Waals surface area contributed by atoms with Crippen molar-refractivity contribution in [3.63, 3.8) is 0 Å². The molecule has 0 spiro atoms. The van der Waals surface area contributed by atoms with Crippen molar-refractivity contribution in [2.45, 2.75) is 13.0 Å². The molecule has 0 saturated heterocycles. The number of hydrogen-bond acceptors (Lipinski definition) is 3. The molecule has 0 radical (unpaired) electrons. The summed E-state index contributed by atoms with van der Waals surface area (Å²) in [7, 11) is 0. The molecule has 0 aliphatic carbocycles. The van der Waals surface area contributed by atoms with Crippen molar-refractivity contribution in [3.05, 3.63) is 60.2 Å². The highest BCUT2D eigenvalue weighted by Gasteiger charge is 2.01. The number of hydrogen-bond donors (Lipinski definition) is 3. The van der Waals surface area contributed by atoms with Crippen LogP contribution in [0.15, 0.2) is 54.6 Å². The van der Waals surface area contributed by atoms with Crippen LogP contribution in [-0.2, 0) is 6.54 Å². The lowest BCUT2D eigenvalue weighted by Gasteiger charge is -2.08. The zero-order valence-corrected chi connectivity index (χ0v) is 12.3. The zero-order chi connectivity index (χ0) is 15.6. The molecule has 0 saturated carbocycles. The van der Waals surface area contributed by atoms with Crippen LogP contribution < -0.4 is 15.4 Å². The van der Waals surface area contributed by atoms with Gasteiger partial charge in [0.25, 0.3) is 0 Å². The van der Waals surface area contributed by atoms with Crippen LogP contribution in [-0.4, -0.2) is 24.3 Å². The lowest BCUT2D eigenvalue weighted by atomic mass is 10.2. The van der Waals surface area contributed by atoms with E-state index in [0.29, 0.717) is 19.5 Å². The van der Waals surface area contributed by atoms with Gasteiger partial charge in [0, 0.05) is 19.7 Å². The predicted octanol–water partition coefficient (Wildman–Crippen LogP) is 2.66. The number of nitrogens with one attached hydrogen (secondary N) is 2. The average molecular weight is 300 g/mol. The molecular weight excluding hydrogens is 280 g/mol. The number of aliphatic hydroxyl groups is 1. The van der Waals surface area contributed by atoms with E-state index in [0.717, 1.165) is 17.1 Å². The van der Waals surface area contributed by atoms with Gasteiger partial charge in [-0.3, -0.25) is 0 Å². The number of amides is 2. The molecule has 0 aromatic heterocycles. The maximum absolute atomic E-state index is 11.5. The topological polar surface area (TPSA) is 70.6 Å². The van der Waals surface area contributed by atoms with Crippen molar-refractivity contribution in [1.82, 2.24) is 10.6 Å². The van der Waals surface area contributed by atoms with Crippen molar-refractivity contribution >= 4 is 6.03 Å². The van der Waals surface area contributed by atoms with Crippen LogP contribution in [0.3, 0.4) is 0 Å². The van der Waals surface area contributed by atoms with Gasteiger partial charge in [0.05, 0.1) is 0 Å². The third-order valence-corrected chi connectivity index (χ3v) is 2.98. The van der Waals surface area contributed by atoms with Crippen molar-refractivity contribution in [2.75, 3.05) is 13.2 Å². The number of urea groups is 1. The molecule has 116 valence electrons. The van der Waals surface area contributed by atoms with Crippen molar-refractivity contribution < 1.29 is 14.6 Å². The van der Waals surface area contributed by atoms with Gasteiger partial charge in [0.1, 0.15) is 11.5 Å². The number of ether oxygens (including phenoxy) is 1. The fraction of sp³-hybridized carbons (Fsp3) is 0.235. The lowest BCUT2D eigenvalue weighted by Crippen LogP contribution is -2.35. The molecule has 0 unspecified atom stereocenters. The lowest BCUT2D eigenvalue weighted by molar-refractivity contribution is 0.237. The Morgan fingerprint density at radius 2 is 1.64 bits per heavy atom. The van der Waals surface area contributed by atoms with Crippen molar-refractivity contribution in [1.29, 1.82) is 0 Å². The fourth-order valence-corrected chi connectivity index (χ4v) is 1.83. The van der Waals surface area contributed by atoms with Crippen LogP contribution in [0.1, 0.15) is 12.0 Å². The van der Waals surface area contributed by atoms with E-state index >= 15 is 0 Å². The van der Waals surface area contributed by atoms with Crippen LogP contribution >= 0.6 is 0 Å². The monoisotopic (exact) mass is 300 g/mol. The first-order valence-corrected chi connectivity index (χ1v) is 7.22. The molecule has 5 nitrogen and oxygen atoms in total. The first kappa shape index (κ1) is 15.9. The van der Waals surface area contributed by atoms with E-state index in [1.165, 1.54) is 0 Å². The normalized spacial score (nSPS) is 10.0. The summed E-state index contributed by atoms with van der Waals surface area (Å²) in [5.74, 6) is 1.54. The number of rotatable bonds is 7. The molecule has 5 heteroatoms. The summed E-state index contributed by atoms with van der Waals surface area (Å²) in [6.07, 6.45) is 0.555. The summed E-state index contributed by atoms with van der Waals surface area (Å²) in [5.41, 5.74) is 0.984. The van der Waals surface area contributed by atoms with Crippen LogP contribution in [0, 0.1) is 0 Å². The van der Waals surface area contributed by atoms with Gasteiger partial charge in [0.2, 0.25) is 0 Å². The Bertz CT molecular complexity index is 570. The van der Waals surface area contributed by atoms with E-state index in [1.54, 1.807) is 0 Å². The third-order valence-electron chi connectivity index (χ3n) is 2.98. The Morgan fingerprint density at radius 3 is 2.32 bits per heavy atom. The van der Waals surface area contributed by atoms with Gasteiger partial charge in [-0.05, 0) is 36.2 Å². The van der Waals surface area contributed by atoms with E-state index in [-0.39, 0.29) is 12.6 Å². The number of aliphatic hydroxyl groups excluding tert-OH is 1. The predicted molar refractivity (Wildman–Crippen MR) is 84.9 cm³/mol. The molecule has 0 aliphatic rings. The first-order chi connectivity index (χ1) is 10.8. The summed E-state index contributed by atoms with van der Waals surface area (Å²) in [6, 6.07) is 16.9. The molecule has 2 aromatic rings. The Labute approximate surface area is 129 Å². The number of benzene rings is 2. The molecular formula is C17H20N2O3. The molecule has 0 bridgehead atoms. The van der Waals surface area contributed by atoms with E-state index < -0.39 is 0 Å². The Hall–Kier alpha value is -2.53. The first-order valence-electron chi connectivity index (χ1n) is 7.22. The summed E-state index contributed by atoms with van der Waals surface area (Å²) in [5, 5.41) is 14.1. The van der Waals surface area contributed by atoms with Crippen molar-refractivity contribution in [3.8, 4) is 11.5 Å². The smallest absolute Gasteiger partial charge is 0.315 e. The van der Waals surface area contributed by atoms with Crippen LogP contribution in [0.2, 0.25) is 0 Å². The Balaban J connectivity index is 1.78. The highest BCUT2D eigenvalue weighted by atomic mass is 16.5. The van der Waals surface area contributed by atoms with Gasteiger partial charge in [-0.1, -0.05) is 30.3 Å². The third kappa shape index (κ3) is 5.46. The average Bonchev–Trinajstić information content (AvgIpc) is 2.55. The molecule has 0 fully saturated rings. The van der Waals surface area contributed by atoms with Gasteiger partial charge < -0.3 is 20.5 Å². The second-order valence-corrected chi connectivity index (χ2v) is 4.75. The van der Waals surface area contributed by atoms with Gasteiger partial charge in [0.15, 0.2) is 0 Å². The molecule has 2 aromatic carbocycles. The summed E-state index contributed by atoms with van der Waals surface area (Å²) < 4.78 is 5.70. The minimum atomic E-state index is -0.238. The fourth-order valence-electron chi connectivity index (χ4n) is 1.83. The van der Waals surface area contributed by atoms with Gasteiger partial charge in [-0.2, -0.15) is 0 Å². The van der Waals surface area contributed by atoms with E-state index in [2.05, 4.69) is 10.6 Å². The van der Waals surface area contributed by atoms with Crippen LogP contribution in [0.25, 0.3) is 0 Å². The Morgan fingerprint density at radius 1 is 0.955 bits per heavy atom. The molecule has 0 aliphatic heterocycles. The second kappa shape index (κ2) is 8.69. The minimum absolute atomic E-state index is 0.0726. The second-order valence-electron chi connectivity index (χ2n) is 4.75. The summed E-state index contributed by atoms with van der Waals surface area (Å²) in [4.78, 5) is 11.5. The largest absolute Gasteiger partial charge is 0.457 e. The minimum Gasteiger partial charge on any atom is -0.457 e. The quantitative estimate of drug-likeness (QED) is 0.688. The highest BCUT2D eigenvalue weighted by molar-refractivity contribution is 5.73. The molecule has 2 rings (SSSR count). The number of para-hydroxylation sites is 1. The number of carbonyl (C=O) groups is 1. The Kier molecular flexibility index (Phi) is 6.26. The highest BCUT2D eigenvalue weighted by Crippen LogP contribution is 2.20. The van der Waals surface area contributed by atoms with Gasteiger partial charge in [-0.15, -0.1) is 0 Å². The van der Waals surface area contributed by atoms with Crippen molar-refractivity contribution in [2.24, 2.45) is 0 Å². The van der Waals surface area contributed by atoms with E-state index in [9.17, 15) is 4.79 Å². The SMILES string of the molecule is O=C(NCCCO)NCc1ccc(Oc2ccccc2)cc1. The summed E-state index contributed by atoms with van der Waals surface area (Å²) >= 11 is 0. The standard InChI is InChI=1S/C17H20N2O3/c20-12-4-11-18-17(21)19-13-14-7-9-16(10-8-14)22-15-5-2-1-3-6-15/h1-3,5-10,20H,4,11-13H2,(H2,18,19,21). The maximum Gasteiger partial charge on any atom is 0.315 e. The summed E-state index contributed by atoms with van der Waals surface area (Å²) in [6.45, 7) is 0.978. The molecule has 0 heterocycles. The molecule has 22 heavy (non-hydrogen) atoms. The van der Waals surface area contributed by atoms with Gasteiger partial charge in [-0.25, -0.2) is 4.79 Å². The molecule has 0 atom stereocenters. The van der Waals surface area contributed by atoms with Crippen LogP contribution in [0.4, 0.5) is 4.79 Å². The van der Waals surface area contributed by atoms with E-state index in [1.807, 2.05) is 54.6 Å². The number of carbonyl (C=O) groups excluding carboxylic acids is 1. The van der Waals surface area contributed by atoms with Gasteiger partial charge >= 0.3 is 6.03 Å². The molecule has 3 N–H and O–H groups in total. The zero-order valence-electron chi connectivity index (χ0n) is 12.3. The molecule has 2 amide bonds. The maximum atomic E-state index is 11.5. The van der Waals surface area contributed by atoms with Crippen LogP contribution in [0.5, 0.6) is 11.5 Å². The van der Waals surface area contributed by atoms with E-state index in [4.69, 9.17) is 9.84 Å².